The Labute approximate surface area is 162 Å². The number of anilines is 1. The Hall–Kier alpha value is -2.64. The Morgan fingerprint density at radius 1 is 1.18 bits per heavy atom. The van der Waals surface area contributed by atoms with Crippen LogP contribution in [0, 0.1) is 17.6 Å². The van der Waals surface area contributed by atoms with Gasteiger partial charge in [-0.1, -0.05) is 23.9 Å². The van der Waals surface area contributed by atoms with Crippen molar-refractivity contribution in [1.82, 2.24) is 0 Å². The van der Waals surface area contributed by atoms with Gasteiger partial charge in [0.05, 0.1) is 11.8 Å². The van der Waals surface area contributed by atoms with Crippen molar-refractivity contribution >= 4 is 25.5 Å². The van der Waals surface area contributed by atoms with Gasteiger partial charge in [0.15, 0.2) is 5.78 Å². The minimum absolute atomic E-state index is 0.0361. The van der Waals surface area contributed by atoms with E-state index in [2.05, 4.69) is 10.3 Å². The van der Waals surface area contributed by atoms with Crippen LogP contribution in [0.4, 0.5) is 14.5 Å². The third-order valence-electron chi connectivity index (χ3n) is 4.98. The van der Waals surface area contributed by atoms with E-state index in [4.69, 9.17) is 0 Å². The van der Waals surface area contributed by atoms with Crippen molar-refractivity contribution in [2.24, 2.45) is 10.9 Å². The zero-order valence-electron chi connectivity index (χ0n) is 15.5. The molecule has 144 valence electrons. The number of rotatable bonds is 3. The minimum Gasteiger partial charge on any atom is -0.428 e. The second-order valence-electron chi connectivity index (χ2n) is 7.71. The number of carbonyl (C=O) groups excluding carboxylic acids is 1. The van der Waals surface area contributed by atoms with Crippen LogP contribution < -0.4 is 5.32 Å². The summed E-state index contributed by atoms with van der Waals surface area (Å²) >= 11 is 0. The van der Waals surface area contributed by atoms with E-state index in [0.717, 1.165) is 5.56 Å². The predicted octanol–water partition coefficient (Wildman–Crippen LogP) is 4.03. The van der Waals surface area contributed by atoms with Crippen molar-refractivity contribution in [1.29, 1.82) is 0 Å². The fourth-order valence-corrected chi connectivity index (χ4v) is 4.41. The van der Waals surface area contributed by atoms with Gasteiger partial charge in [0, 0.05) is 22.7 Å². The molecule has 0 spiro atoms. The topological polar surface area (TPSA) is 61.7 Å². The van der Waals surface area contributed by atoms with Gasteiger partial charge >= 0.3 is 0 Å². The van der Waals surface area contributed by atoms with Crippen LogP contribution >= 0.6 is 0 Å². The van der Waals surface area contributed by atoms with Gasteiger partial charge in [-0.25, -0.2) is 8.78 Å². The molecular weight excluding hydrogens is 378 g/mol. The molecule has 0 radical (unpaired) electrons. The fourth-order valence-electron chi connectivity index (χ4n) is 3.73. The number of carbonyl (C=O) groups is 1. The Morgan fingerprint density at radius 2 is 1.89 bits per heavy atom. The minimum atomic E-state index is -2.48. The maximum Gasteiger partial charge on any atom is 0.206 e. The van der Waals surface area contributed by atoms with E-state index in [-0.39, 0.29) is 30.1 Å². The van der Waals surface area contributed by atoms with Gasteiger partial charge in [-0.2, -0.15) is 0 Å². The molecule has 0 aromatic heterocycles. The fraction of sp³-hybridized carbons (Fsp3) is 0.238. The Bertz CT molecular complexity index is 1010. The first-order chi connectivity index (χ1) is 13.2. The van der Waals surface area contributed by atoms with Crippen molar-refractivity contribution in [2.75, 3.05) is 11.9 Å². The third-order valence-corrected chi connectivity index (χ3v) is 5.99. The summed E-state index contributed by atoms with van der Waals surface area (Å²) < 4.78 is 27.5. The molecular formula is C21H20F2N2O2Si. The monoisotopic (exact) mass is 398 g/mol. The molecule has 2 aromatic carbocycles. The number of nitrogens with zero attached hydrogens (tertiary/aromatic N) is 1. The largest absolute Gasteiger partial charge is 0.428 e. The summed E-state index contributed by atoms with van der Waals surface area (Å²) in [6.45, 7) is 3.56. The van der Waals surface area contributed by atoms with E-state index in [1.807, 2.05) is 11.8 Å². The zero-order chi connectivity index (χ0) is 20.1. The van der Waals surface area contributed by atoms with Gasteiger partial charge in [-0.05, 0) is 42.9 Å². The lowest BCUT2D eigenvalue weighted by Gasteiger charge is -2.37. The molecule has 2 heterocycles. The highest BCUT2D eigenvalue weighted by atomic mass is 28.4. The molecule has 2 aliphatic rings. The van der Waals surface area contributed by atoms with E-state index in [0.29, 0.717) is 22.5 Å². The van der Waals surface area contributed by atoms with Crippen LogP contribution in [0.3, 0.4) is 0 Å². The van der Waals surface area contributed by atoms with Crippen molar-refractivity contribution in [3.05, 3.63) is 76.5 Å². The zero-order valence-corrected chi connectivity index (χ0v) is 16.5. The predicted molar refractivity (Wildman–Crippen MR) is 107 cm³/mol. The van der Waals surface area contributed by atoms with Crippen LogP contribution in [0.1, 0.15) is 27.5 Å². The summed E-state index contributed by atoms with van der Waals surface area (Å²) in [6, 6.07) is 8.38. The summed E-state index contributed by atoms with van der Waals surface area (Å²) in [7, 11) is -2.48. The Kier molecular flexibility index (Phi) is 4.51. The van der Waals surface area contributed by atoms with E-state index >= 15 is 0 Å². The molecule has 2 aromatic rings. The average molecular weight is 398 g/mol. The molecule has 0 saturated carbocycles. The summed E-state index contributed by atoms with van der Waals surface area (Å²) in [5.74, 6) is -1.34. The van der Waals surface area contributed by atoms with E-state index < -0.39 is 14.1 Å². The highest BCUT2D eigenvalue weighted by molar-refractivity contribution is 6.74. The number of halogens is 2. The van der Waals surface area contributed by atoms with Gasteiger partial charge in [0.2, 0.25) is 8.32 Å². The highest BCUT2D eigenvalue weighted by Crippen LogP contribution is 2.41. The van der Waals surface area contributed by atoms with Crippen LogP contribution in [-0.2, 0) is 0 Å². The van der Waals surface area contributed by atoms with Gasteiger partial charge in [-0.3, -0.25) is 9.79 Å². The molecule has 28 heavy (non-hydrogen) atoms. The molecule has 0 fully saturated rings. The molecule has 0 bridgehead atoms. The number of nitrogens with one attached hydrogen (secondary N) is 1. The van der Waals surface area contributed by atoms with Crippen molar-refractivity contribution in [2.45, 2.75) is 19.1 Å². The summed E-state index contributed by atoms with van der Waals surface area (Å²) in [5, 5.41) is 3.31. The first-order valence-electron chi connectivity index (χ1n) is 9.08. The Morgan fingerprint density at radius 3 is 2.57 bits per heavy atom. The van der Waals surface area contributed by atoms with Gasteiger partial charge in [0.1, 0.15) is 18.2 Å². The summed E-state index contributed by atoms with van der Waals surface area (Å²) in [6.07, 6.45) is 1.90. The molecule has 4 rings (SSSR count). The first-order valence-corrected chi connectivity index (χ1v) is 12.1. The van der Waals surface area contributed by atoms with Crippen LogP contribution in [0.5, 0.6) is 0 Å². The second-order valence-corrected chi connectivity index (χ2v) is 11.4. The lowest BCUT2D eigenvalue weighted by atomic mass is 9.78. The van der Waals surface area contributed by atoms with Gasteiger partial charge < -0.3 is 10.1 Å². The first kappa shape index (κ1) is 18.7. The lowest BCUT2D eigenvalue weighted by Crippen LogP contribution is -2.37. The number of Topliss-reactive ketones (excluding diaryl/α,β-unsaturated/α-hetero) is 1. The standard InChI is InChI=1S/C21H20F2N2O2Si/c1-28(2,27)8-7-15-20(12-3-5-13(22)6-4-12)25-17-10-14(23)9-16-18(26)11-24-21(15)19(16)17/h3-10,15,20,25,27H,11H2,1-2H3/b8-7+/t15-,20-/m1/s1. The molecule has 4 nitrogen and oxygen atoms in total. The number of benzene rings is 2. The molecule has 2 aliphatic heterocycles. The Balaban J connectivity index is 1.89. The number of aliphatic imine (C=N–C) groups is 1. The smallest absolute Gasteiger partial charge is 0.206 e. The average Bonchev–Trinajstić information content (AvgIpc) is 2.62. The van der Waals surface area contributed by atoms with Crippen molar-refractivity contribution in [3.63, 3.8) is 0 Å². The molecule has 0 unspecified atom stereocenters. The second kappa shape index (κ2) is 6.75. The number of ketones is 1. The van der Waals surface area contributed by atoms with Crippen LogP contribution in [0.2, 0.25) is 13.1 Å². The lowest BCUT2D eigenvalue weighted by molar-refractivity contribution is 0.0999. The molecule has 7 heteroatoms. The maximum absolute atomic E-state index is 14.1. The van der Waals surface area contributed by atoms with E-state index in [1.54, 1.807) is 25.2 Å². The molecule has 0 saturated heterocycles. The molecule has 2 atom stereocenters. The SMILES string of the molecule is C[Si](C)(O)/C=C/[C@H]1C2=NCC(=O)c3cc(F)cc(c32)N[C@@H]1c1ccc(F)cc1. The number of hydrogen-bond acceptors (Lipinski definition) is 4. The number of hydrogen-bond donors (Lipinski definition) is 2. The van der Waals surface area contributed by atoms with Crippen molar-refractivity contribution in [3.8, 4) is 0 Å². The van der Waals surface area contributed by atoms with Crippen LogP contribution in [-0.4, -0.2) is 31.2 Å². The van der Waals surface area contributed by atoms with Crippen LogP contribution in [0.25, 0.3) is 0 Å². The molecule has 0 aliphatic carbocycles. The normalized spacial score (nSPS) is 21.3. The van der Waals surface area contributed by atoms with E-state index in [9.17, 15) is 18.4 Å². The quantitative estimate of drug-likeness (QED) is 0.768. The van der Waals surface area contributed by atoms with Crippen LogP contribution in [0.15, 0.2) is 53.2 Å². The van der Waals surface area contributed by atoms with E-state index in [1.165, 1.54) is 24.3 Å². The highest BCUT2D eigenvalue weighted by Gasteiger charge is 2.38. The summed E-state index contributed by atoms with van der Waals surface area (Å²) in [4.78, 5) is 27.1. The molecule has 2 N–H and O–H groups in total. The summed E-state index contributed by atoms with van der Waals surface area (Å²) in [5.41, 5.74) is 4.74. The molecule has 0 amide bonds. The maximum atomic E-state index is 14.1. The third kappa shape index (κ3) is 3.43. The van der Waals surface area contributed by atoms with Gasteiger partial charge in [0.25, 0.3) is 0 Å². The van der Waals surface area contributed by atoms with Crippen molar-refractivity contribution < 1.29 is 18.4 Å². The van der Waals surface area contributed by atoms with Gasteiger partial charge in [-0.15, -0.1) is 0 Å².